The van der Waals surface area contributed by atoms with Gasteiger partial charge in [-0.15, -0.1) is 0 Å². The largest absolute Gasteiger partial charge is 0.444 e. The highest BCUT2D eigenvalue weighted by atomic mass is 16.6. The fourth-order valence-corrected chi connectivity index (χ4v) is 1.43. The number of hydrogen-bond acceptors (Lipinski definition) is 3. The molecule has 100 valence electrons. The van der Waals surface area contributed by atoms with Crippen LogP contribution in [0, 0.1) is 5.92 Å². The number of carbonyl (C=O) groups excluding carboxylic acids is 1. The van der Waals surface area contributed by atoms with Crippen molar-refractivity contribution in [2.24, 2.45) is 5.92 Å². The van der Waals surface area contributed by atoms with Crippen molar-refractivity contribution < 1.29 is 12.4 Å². The Balaban J connectivity index is -0.000000534. The van der Waals surface area contributed by atoms with Crippen LogP contribution >= 0.6 is 0 Å². The van der Waals surface area contributed by atoms with Gasteiger partial charge in [-0.1, -0.05) is 13.8 Å². The maximum Gasteiger partial charge on any atom is 0.407 e. The van der Waals surface area contributed by atoms with Gasteiger partial charge in [0.25, 0.3) is 0 Å². The van der Waals surface area contributed by atoms with Gasteiger partial charge in [0.2, 0.25) is 0 Å². The molecule has 1 amide bonds. The first-order valence-corrected chi connectivity index (χ1v) is 6.15. The number of nitrogens with one attached hydrogen (secondary N) is 2. The average molecular weight is 234 g/mol. The fourth-order valence-electron chi connectivity index (χ4n) is 1.43. The molecule has 1 aliphatic rings. The number of carbonyl (C=O) groups is 1. The molecule has 0 aromatic rings. The zero-order chi connectivity index (χ0) is 12.6. The Morgan fingerprint density at radius 3 is 2.56 bits per heavy atom. The number of amides is 1. The van der Waals surface area contributed by atoms with Gasteiger partial charge in [-0.05, 0) is 46.2 Å². The van der Waals surface area contributed by atoms with Crippen LogP contribution in [-0.4, -0.2) is 31.3 Å². The highest BCUT2D eigenvalue weighted by Crippen LogP contribution is 2.08. The monoisotopic (exact) mass is 234 g/mol. The fraction of sp³-hybridized carbons (Fsp3) is 0.917. The molecule has 1 atom stereocenters. The lowest BCUT2D eigenvalue weighted by Gasteiger charge is -2.20. The Kier molecular flexibility index (Phi) is 7.13. The third-order valence-corrected chi connectivity index (χ3v) is 2.10. The number of hydrogen-bond donors (Lipinski definition) is 2. The molecule has 0 aromatic heterocycles. The summed E-state index contributed by atoms with van der Waals surface area (Å²) >= 11 is 0. The van der Waals surface area contributed by atoms with E-state index >= 15 is 0 Å². The first kappa shape index (κ1) is 15.2. The second kappa shape index (κ2) is 7.49. The van der Waals surface area contributed by atoms with Crippen molar-refractivity contribution in [1.82, 2.24) is 10.6 Å². The van der Waals surface area contributed by atoms with Crippen LogP contribution in [0.25, 0.3) is 0 Å². The Morgan fingerprint density at radius 2 is 2.12 bits per heavy atom. The molecule has 4 nitrogen and oxygen atoms in total. The Hall–Kier alpha value is -0.770. The van der Waals surface area contributed by atoms with Crippen LogP contribution in [0.3, 0.4) is 0 Å². The van der Waals surface area contributed by atoms with Crippen LogP contribution in [0.4, 0.5) is 4.79 Å². The lowest BCUT2D eigenvalue weighted by Crippen LogP contribution is -2.35. The maximum atomic E-state index is 11.3. The number of alkyl carbamates (subject to hydrolysis) is 1. The van der Waals surface area contributed by atoms with Gasteiger partial charge in [0.1, 0.15) is 5.60 Å². The van der Waals surface area contributed by atoms with Crippen LogP contribution in [-0.2, 0) is 4.74 Å². The van der Waals surface area contributed by atoms with Crippen molar-refractivity contribution in [3.63, 3.8) is 0 Å². The normalized spacial score (nSPS) is 19.7. The first-order valence-electron chi connectivity index (χ1n) is 6.15. The molecule has 0 aliphatic carbocycles. The Bertz CT molecular complexity index is 203. The number of rotatable bonds is 2. The van der Waals surface area contributed by atoms with Gasteiger partial charge in [-0.25, -0.2) is 4.79 Å². The molecule has 0 aromatic carbocycles. The van der Waals surface area contributed by atoms with Crippen LogP contribution in [0.2, 0.25) is 0 Å². The van der Waals surface area contributed by atoms with Gasteiger partial charge in [0.05, 0.1) is 0 Å². The van der Waals surface area contributed by atoms with Gasteiger partial charge >= 0.3 is 6.09 Å². The molecule has 1 rings (SSSR count). The summed E-state index contributed by atoms with van der Waals surface area (Å²) < 4.78 is 5.13. The molecule has 1 fully saturated rings. The molecule has 4 heteroatoms. The summed E-state index contributed by atoms with van der Waals surface area (Å²) in [6.45, 7) is 12.4. The molecule has 0 spiro atoms. The summed E-state index contributed by atoms with van der Waals surface area (Å²) in [5.41, 5.74) is -0.405. The maximum absolute atomic E-state index is 11.3. The van der Waals surface area contributed by atoms with Gasteiger partial charge in [-0.3, -0.25) is 0 Å². The third kappa shape index (κ3) is 7.51. The van der Waals surface area contributed by atoms with Gasteiger partial charge in [0, 0.05) is 9.40 Å². The minimum Gasteiger partial charge on any atom is -0.444 e. The zero-order valence-corrected chi connectivity index (χ0v) is 11.2. The quantitative estimate of drug-likeness (QED) is 0.772. The summed E-state index contributed by atoms with van der Waals surface area (Å²) in [5, 5.41) is 6.03. The SMILES string of the molecule is CC.CC(C)(C)OC(=O)NC[C@@H]1CCNC1.[HH].[HH]. The van der Waals surface area contributed by atoms with Crippen molar-refractivity contribution >= 4 is 6.09 Å². The molecule has 1 heterocycles. The summed E-state index contributed by atoms with van der Waals surface area (Å²) in [5.74, 6) is 0.558. The van der Waals surface area contributed by atoms with E-state index in [1.807, 2.05) is 34.6 Å². The topological polar surface area (TPSA) is 50.4 Å². The van der Waals surface area contributed by atoms with Gasteiger partial charge in [0.15, 0.2) is 0 Å². The van der Waals surface area contributed by atoms with Crippen molar-refractivity contribution in [3.8, 4) is 0 Å². The third-order valence-electron chi connectivity index (χ3n) is 2.10. The van der Waals surface area contributed by atoms with E-state index in [0.29, 0.717) is 12.5 Å². The summed E-state index contributed by atoms with van der Waals surface area (Å²) in [4.78, 5) is 11.3. The lowest BCUT2D eigenvalue weighted by atomic mass is 10.1. The molecular formula is C12H30N2O2. The molecule has 1 aliphatic heterocycles. The molecule has 2 N–H and O–H groups in total. The van der Waals surface area contributed by atoms with Gasteiger partial charge in [-0.2, -0.15) is 0 Å². The smallest absolute Gasteiger partial charge is 0.407 e. The molecule has 1 saturated heterocycles. The highest BCUT2D eigenvalue weighted by Gasteiger charge is 2.18. The molecule has 0 saturated carbocycles. The molecule has 16 heavy (non-hydrogen) atoms. The zero-order valence-electron chi connectivity index (χ0n) is 11.2. The van der Waals surface area contributed by atoms with Crippen molar-refractivity contribution in [3.05, 3.63) is 0 Å². The van der Waals surface area contributed by atoms with E-state index in [4.69, 9.17) is 4.74 Å². The Labute approximate surface area is 102 Å². The second-order valence-electron chi connectivity index (χ2n) is 4.74. The van der Waals surface area contributed by atoms with Crippen LogP contribution in [0.5, 0.6) is 0 Å². The van der Waals surface area contributed by atoms with E-state index in [2.05, 4.69) is 10.6 Å². The standard InChI is InChI=1S/C10H20N2O2.C2H6.2H2/c1-10(2,3)14-9(13)12-7-8-4-5-11-6-8;1-2;;/h8,11H,4-7H2,1-3H3,(H,12,13);1-2H3;2*1H/t8-;;;/m1.../s1. The van der Waals surface area contributed by atoms with Crippen LogP contribution in [0.1, 0.15) is 43.9 Å². The van der Waals surface area contributed by atoms with Crippen molar-refractivity contribution in [2.45, 2.75) is 46.6 Å². The lowest BCUT2D eigenvalue weighted by molar-refractivity contribution is 0.0520. The predicted octanol–water partition coefficient (Wildman–Crippen LogP) is 2.64. The van der Waals surface area contributed by atoms with E-state index in [9.17, 15) is 4.79 Å². The van der Waals surface area contributed by atoms with E-state index in [-0.39, 0.29) is 8.95 Å². The first-order chi connectivity index (χ1) is 7.47. The van der Waals surface area contributed by atoms with Crippen molar-refractivity contribution in [2.75, 3.05) is 19.6 Å². The van der Waals surface area contributed by atoms with E-state index in [1.165, 1.54) is 0 Å². The molecule has 0 unspecified atom stereocenters. The minimum atomic E-state index is -0.405. The highest BCUT2D eigenvalue weighted by molar-refractivity contribution is 5.67. The van der Waals surface area contributed by atoms with Crippen LogP contribution in [0.15, 0.2) is 0 Å². The molecular weight excluding hydrogens is 204 g/mol. The average Bonchev–Trinajstić information content (AvgIpc) is 2.68. The second-order valence-corrected chi connectivity index (χ2v) is 4.74. The summed E-state index contributed by atoms with van der Waals surface area (Å²) in [6.07, 6.45) is 0.819. The van der Waals surface area contributed by atoms with E-state index in [1.54, 1.807) is 0 Å². The predicted molar refractivity (Wildman–Crippen MR) is 70.8 cm³/mol. The molecule has 0 radical (unpaired) electrons. The van der Waals surface area contributed by atoms with Gasteiger partial charge < -0.3 is 15.4 Å². The summed E-state index contributed by atoms with van der Waals surface area (Å²) in [7, 11) is 0. The van der Waals surface area contributed by atoms with Crippen molar-refractivity contribution in [1.29, 1.82) is 0 Å². The molecule has 0 bridgehead atoms. The minimum absolute atomic E-state index is 0. The number of ether oxygens (including phenoxy) is 1. The van der Waals surface area contributed by atoms with E-state index < -0.39 is 5.60 Å². The van der Waals surface area contributed by atoms with Crippen LogP contribution < -0.4 is 10.6 Å². The Morgan fingerprint density at radius 1 is 1.50 bits per heavy atom. The van der Waals surface area contributed by atoms with E-state index in [0.717, 1.165) is 19.5 Å². The summed E-state index contributed by atoms with van der Waals surface area (Å²) in [6, 6.07) is 0.